The Hall–Kier alpha value is -0.800. The highest BCUT2D eigenvalue weighted by atomic mass is 79.9. The molecule has 0 aromatic heterocycles. The Morgan fingerprint density at radius 2 is 1.80 bits per heavy atom. The Bertz CT molecular complexity index is 564. The summed E-state index contributed by atoms with van der Waals surface area (Å²) in [7, 11) is 0. The van der Waals surface area contributed by atoms with Crippen LogP contribution in [0.15, 0.2) is 46.9 Å². The van der Waals surface area contributed by atoms with E-state index in [2.05, 4.69) is 63.9 Å². The van der Waals surface area contributed by atoms with Crippen molar-refractivity contribution in [2.75, 3.05) is 0 Å². The average Bonchev–Trinajstić information content (AvgIpc) is 2.47. The summed E-state index contributed by atoms with van der Waals surface area (Å²) in [5, 5.41) is 0.778. The van der Waals surface area contributed by atoms with Crippen molar-refractivity contribution in [1.29, 1.82) is 0 Å². The van der Waals surface area contributed by atoms with Gasteiger partial charge in [-0.1, -0.05) is 63.9 Å². The summed E-state index contributed by atoms with van der Waals surface area (Å²) in [6.07, 6.45) is 1.15. The van der Waals surface area contributed by atoms with E-state index in [1.54, 1.807) is 0 Å². The van der Waals surface area contributed by atoms with Crippen LogP contribution in [0.25, 0.3) is 0 Å². The fourth-order valence-electron chi connectivity index (χ4n) is 1.96. The van der Waals surface area contributed by atoms with E-state index in [1.807, 2.05) is 24.3 Å². The molecule has 0 spiro atoms. The molecule has 2 aromatic rings. The first-order valence-electron chi connectivity index (χ1n) is 6.76. The molecule has 0 fully saturated rings. The molecular weight excluding hydrogens is 380 g/mol. The van der Waals surface area contributed by atoms with E-state index in [4.69, 9.17) is 4.74 Å². The van der Waals surface area contributed by atoms with Crippen LogP contribution in [0.5, 0.6) is 11.5 Å². The van der Waals surface area contributed by atoms with Crippen molar-refractivity contribution in [3.05, 3.63) is 58.1 Å². The number of benzene rings is 2. The van der Waals surface area contributed by atoms with E-state index in [9.17, 15) is 0 Å². The Labute approximate surface area is 137 Å². The second-order valence-electron chi connectivity index (χ2n) is 4.87. The zero-order chi connectivity index (χ0) is 14.5. The third kappa shape index (κ3) is 3.86. The summed E-state index contributed by atoms with van der Waals surface area (Å²) in [5.74, 6) is 2.35. The standard InChI is InChI=1S/C17H18Br2O/c1-3-12(2)13-5-8-16(9-6-13)20-17-10-15(19)7-4-14(17)11-18/h4-10,12H,3,11H2,1-2H3. The SMILES string of the molecule is CCC(C)c1ccc(Oc2cc(Br)ccc2CBr)cc1. The van der Waals surface area contributed by atoms with Gasteiger partial charge in [-0.2, -0.15) is 0 Å². The number of alkyl halides is 1. The largest absolute Gasteiger partial charge is 0.457 e. The second kappa shape index (κ2) is 7.28. The van der Waals surface area contributed by atoms with Gasteiger partial charge in [0.1, 0.15) is 11.5 Å². The van der Waals surface area contributed by atoms with Gasteiger partial charge in [-0.3, -0.25) is 0 Å². The highest BCUT2D eigenvalue weighted by molar-refractivity contribution is 9.10. The monoisotopic (exact) mass is 396 g/mol. The molecule has 0 aliphatic rings. The lowest BCUT2D eigenvalue weighted by Gasteiger charge is -2.12. The molecule has 0 heterocycles. The molecule has 0 N–H and O–H groups in total. The van der Waals surface area contributed by atoms with Gasteiger partial charge in [0.25, 0.3) is 0 Å². The lowest BCUT2D eigenvalue weighted by Crippen LogP contribution is -1.92. The van der Waals surface area contributed by atoms with Crippen LogP contribution in [0.2, 0.25) is 0 Å². The lowest BCUT2D eigenvalue weighted by molar-refractivity contribution is 0.478. The van der Waals surface area contributed by atoms with E-state index in [0.717, 1.165) is 33.3 Å². The Morgan fingerprint density at radius 1 is 1.10 bits per heavy atom. The highest BCUT2D eigenvalue weighted by Crippen LogP contribution is 2.31. The van der Waals surface area contributed by atoms with Gasteiger partial charge in [0.2, 0.25) is 0 Å². The van der Waals surface area contributed by atoms with Gasteiger partial charge < -0.3 is 4.74 Å². The normalized spacial score (nSPS) is 12.2. The van der Waals surface area contributed by atoms with Gasteiger partial charge in [-0.05, 0) is 42.2 Å². The van der Waals surface area contributed by atoms with Gasteiger partial charge in [0.15, 0.2) is 0 Å². The number of hydrogen-bond acceptors (Lipinski definition) is 1. The van der Waals surface area contributed by atoms with Crippen LogP contribution in [0.1, 0.15) is 37.3 Å². The predicted molar refractivity (Wildman–Crippen MR) is 92.0 cm³/mol. The van der Waals surface area contributed by atoms with Crippen molar-refractivity contribution >= 4 is 31.9 Å². The summed E-state index contributed by atoms with van der Waals surface area (Å²) in [6.45, 7) is 4.45. The van der Waals surface area contributed by atoms with Gasteiger partial charge >= 0.3 is 0 Å². The average molecular weight is 398 g/mol. The molecule has 3 heteroatoms. The number of halogens is 2. The molecule has 0 aliphatic carbocycles. The summed E-state index contributed by atoms with van der Waals surface area (Å²) in [5.41, 5.74) is 2.49. The molecule has 0 amide bonds. The molecule has 1 atom stereocenters. The van der Waals surface area contributed by atoms with Crippen molar-refractivity contribution in [3.8, 4) is 11.5 Å². The molecule has 2 rings (SSSR count). The van der Waals surface area contributed by atoms with E-state index >= 15 is 0 Å². The van der Waals surface area contributed by atoms with Gasteiger partial charge in [0.05, 0.1) is 0 Å². The minimum absolute atomic E-state index is 0.591. The molecule has 0 radical (unpaired) electrons. The van der Waals surface area contributed by atoms with Crippen LogP contribution in [0.4, 0.5) is 0 Å². The first kappa shape index (κ1) is 15.6. The van der Waals surface area contributed by atoms with E-state index in [0.29, 0.717) is 5.92 Å². The lowest BCUT2D eigenvalue weighted by atomic mass is 9.99. The van der Waals surface area contributed by atoms with E-state index in [-0.39, 0.29) is 0 Å². The molecule has 0 saturated carbocycles. The highest BCUT2D eigenvalue weighted by Gasteiger charge is 2.07. The Balaban J connectivity index is 2.20. The van der Waals surface area contributed by atoms with Gasteiger partial charge in [-0.25, -0.2) is 0 Å². The van der Waals surface area contributed by atoms with Crippen LogP contribution >= 0.6 is 31.9 Å². The second-order valence-corrected chi connectivity index (χ2v) is 6.34. The van der Waals surface area contributed by atoms with E-state index < -0.39 is 0 Å². The van der Waals surface area contributed by atoms with Crippen molar-refractivity contribution in [2.45, 2.75) is 31.5 Å². The predicted octanol–water partition coefficient (Wildman–Crippen LogP) is 6.65. The van der Waals surface area contributed by atoms with Crippen LogP contribution in [0.3, 0.4) is 0 Å². The van der Waals surface area contributed by atoms with Crippen LogP contribution in [-0.2, 0) is 5.33 Å². The molecular formula is C17H18Br2O. The fraction of sp³-hybridized carbons (Fsp3) is 0.294. The summed E-state index contributed by atoms with van der Waals surface area (Å²) < 4.78 is 7.01. The minimum atomic E-state index is 0.591. The zero-order valence-corrected chi connectivity index (χ0v) is 14.9. The molecule has 0 bridgehead atoms. The summed E-state index contributed by atoms with van der Waals surface area (Å²) >= 11 is 6.97. The Kier molecular flexibility index (Phi) is 5.67. The van der Waals surface area contributed by atoms with Crippen molar-refractivity contribution < 1.29 is 4.74 Å². The zero-order valence-electron chi connectivity index (χ0n) is 11.7. The molecule has 20 heavy (non-hydrogen) atoms. The number of hydrogen-bond donors (Lipinski definition) is 0. The quantitative estimate of drug-likeness (QED) is 0.513. The molecule has 0 saturated heterocycles. The van der Waals surface area contributed by atoms with Crippen LogP contribution in [-0.4, -0.2) is 0 Å². The summed E-state index contributed by atoms with van der Waals surface area (Å²) in [4.78, 5) is 0. The van der Waals surface area contributed by atoms with Crippen LogP contribution < -0.4 is 4.74 Å². The van der Waals surface area contributed by atoms with Gasteiger partial charge in [0, 0.05) is 15.4 Å². The van der Waals surface area contributed by atoms with Crippen LogP contribution in [0, 0.1) is 0 Å². The summed E-state index contributed by atoms with van der Waals surface area (Å²) in [6, 6.07) is 14.5. The fourth-order valence-corrected chi connectivity index (χ4v) is 2.76. The van der Waals surface area contributed by atoms with Crippen molar-refractivity contribution in [1.82, 2.24) is 0 Å². The van der Waals surface area contributed by atoms with Crippen molar-refractivity contribution in [3.63, 3.8) is 0 Å². The maximum atomic E-state index is 5.99. The molecule has 106 valence electrons. The van der Waals surface area contributed by atoms with Crippen molar-refractivity contribution in [2.24, 2.45) is 0 Å². The molecule has 0 aliphatic heterocycles. The maximum absolute atomic E-state index is 5.99. The number of rotatable bonds is 5. The molecule has 2 aromatic carbocycles. The minimum Gasteiger partial charge on any atom is -0.457 e. The molecule has 1 unspecified atom stereocenters. The van der Waals surface area contributed by atoms with Gasteiger partial charge in [-0.15, -0.1) is 0 Å². The third-order valence-electron chi connectivity index (χ3n) is 3.46. The topological polar surface area (TPSA) is 9.23 Å². The van der Waals surface area contributed by atoms with E-state index in [1.165, 1.54) is 5.56 Å². The Morgan fingerprint density at radius 3 is 2.40 bits per heavy atom. The third-order valence-corrected chi connectivity index (χ3v) is 4.56. The number of ether oxygens (including phenoxy) is 1. The smallest absolute Gasteiger partial charge is 0.132 e. The molecule has 1 nitrogen and oxygen atoms in total. The first-order valence-corrected chi connectivity index (χ1v) is 8.67. The first-order chi connectivity index (χ1) is 9.63. The maximum Gasteiger partial charge on any atom is 0.132 e.